The molecule has 2 N–H and O–H groups in total. The zero-order chi connectivity index (χ0) is 13.4. The second-order valence-corrected chi connectivity index (χ2v) is 3.76. The fraction of sp³-hybridized carbons (Fsp3) is 0. The molecule has 0 atom stereocenters. The number of benzene rings is 1. The zero-order valence-corrected chi connectivity index (χ0v) is 9.53. The largest absolute Gasteiger partial charge is 0.423 e. The number of anilines is 1. The van der Waals surface area contributed by atoms with Crippen molar-refractivity contribution in [3.8, 4) is 18.2 Å². The van der Waals surface area contributed by atoms with Crippen LogP contribution in [0, 0.1) is 22.7 Å². The molecular formula is C12H6N6O. The molecule has 0 amide bonds. The van der Waals surface area contributed by atoms with Crippen molar-refractivity contribution >= 4 is 16.8 Å². The first kappa shape index (κ1) is 10.8. The Morgan fingerprint density at radius 2 is 2.11 bits per heavy atom. The fourth-order valence-electron chi connectivity index (χ4n) is 1.71. The van der Waals surface area contributed by atoms with Crippen molar-refractivity contribution in [2.45, 2.75) is 0 Å². The van der Waals surface area contributed by atoms with Gasteiger partial charge in [0.25, 0.3) is 0 Å². The van der Waals surface area contributed by atoms with Crippen LogP contribution in [0.15, 0.2) is 28.9 Å². The maximum Gasteiger partial charge on any atom is 0.309 e. The predicted molar refractivity (Wildman–Crippen MR) is 65.0 cm³/mol. The number of nitrogens with two attached hydrogens (primary N) is 1. The summed E-state index contributed by atoms with van der Waals surface area (Å²) in [4.78, 5) is 8.04. The summed E-state index contributed by atoms with van der Waals surface area (Å²) in [6.07, 6.45) is 1.32. The third kappa shape index (κ3) is 1.58. The van der Waals surface area contributed by atoms with Gasteiger partial charge in [-0.25, -0.2) is 9.55 Å². The molecule has 2 aromatic heterocycles. The Kier molecular flexibility index (Phi) is 2.20. The van der Waals surface area contributed by atoms with Gasteiger partial charge in [0.05, 0.1) is 0 Å². The lowest BCUT2D eigenvalue weighted by Gasteiger charge is -1.94. The van der Waals surface area contributed by atoms with Crippen molar-refractivity contribution in [2.24, 2.45) is 0 Å². The molecule has 0 unspecified atom stereocenters. The summed E-state index contributed by atoms with van der Waals surface area (Å²) in [5, 5.41) is 17.9. The molecule has 0 spiro atoms. The highest BCUT2D eigenvalue weighted by Gasteiger charge is 2.16. The third-order valence-corrected chi connectivity index (χ3v) is 2.59. The molecule has 3 aromatic rings. The van der Waals surface area contributed by atoms with E-state index in [1.54, 1.807) is 18.2 Å². The van der Waals surface area contributed by atoms with Crippen LogP contribution in [-0.2, 0) is 0 Å². The van der Waals surface area contributed by atoms with Gasteiger partial charge >= 0.3 is 6.01 Å². The monoisotopic (exact) mass is 250 g/mol. The SMILES string of the molecule is N#Cc1ncn(-c2nc3ccc(N)cc3o2)c1C#N. The van der Waals surface area contributed by atoms with E-state index in [9.17, 15) is 0 Å². The molecule has 0 saturated carbocycles. The topological polar surface area (TPSA) is 117 Å². The molecular weight excluding hydrogens is 244 g/mol. The molecule has 19 heavy (non-hydrogen) atoms. The number of imidazole rings is 1. The Labute approximate surface area is 107 Å². The van der Waals surface area contributed by atoms with Crippen LogP contribution in [0.5, 0.6) is 0 Å². The molecule has 0 aliphatic heterocycles. The molecule has 0 fully saturated rings. The molecule has 0 aliphatic carbocycles. The van der Waals surface area contributed by atoms with Crippen LogP contribution in [0.2, 0.25) is 0 Å². The van der Waals surface area contributed by atoms with Gasteiger partial charge in [0.2, 0.25) is 0 Å². The van der Waals surface area contributed by atoms with E-state index in [1.165, 1.54) is 10.9 Å². The van der Waals surface area contributed by atoms with E-state index in [0.717, 1.165) is 0 Å². The van der Waals surface area contributed by atoms with Crippen LogP contribution >= 0.6 is 0 Å². The van der Waals surface area contributed by atoms with E-state index in [2.05, 4.69) is 9.97 Å². The van der Waals surface area contributed by atoms with E-state index in [-0.39, 0.29) is 17.4 Å². The van der Waals surface area contributed by atoms with Crippen molar-refractivity contribution in [3.63, 3.8) is 0 Å². The quantitative estimate of drug-likeness (QED) is 0.651. The zero-order valence-electron chi connectivity index (χ0n) is 9.53. The third-order valence-electron chi connectivity index (χ3n) is 2.59. The molecule has 0 radical (unpaired) electrons. The van der Waals surface area contributed by atoms with E-state index in [4.69, 9.17) is 20.7 Å². The van der Waals surface area contributed by atoms with Gasteiger partial charge in [-0.1, -0.05) is 0 Å². The fourth-order valence-corrected chi connectivity index (χ4v) is 1.71. The lowest BCUT2D eigenvalue weighted by Crippen LogP contribution is -1.96. The Balaban J connectivity index is 2.23. The van der Waals surface area contributed by atoms with Crippen LogP contribution in [0.25, 0.3) is 17.1 Å². The minimum absolute atomic E-state index is 0.0317. The second kappa shape index (κ2) is 3.86. The number of oxazole rings is 1. The Morgan fingerprint density at radius 3 is 2.84 bits per heavy atom. The lowest BCUT2D eigenvalue weighted by atomic mass is 10.3. The van der Waals surface area contributed by atoms with Crippen molar-refractivity contribution in [3.05, 3.63) is 35.9 Å². The molecule has 0 aliphatic rings. The van der Waals surface area contributed by atoms with Crippen LogP contribution in [0.1, 0.15) is 11.4 Å². The van der Waals surface area contributed by atoms with E-state index >= 15 is 0 Å². The summed E-state index contributed by atoms with van der Waals surface area (Å²) in [5.41, 5.74) is 7.44. The second-order valence-electron chi connectivity index (χ2n) is 3.76. The van der Waals surface area contributed by atoms with Crippen molar-refractivity contribution in [1.29, 1.82) is 10.5 Å². The van der Waals surface area contributed by atoms with Crippen LogP contribution in [-0.4, -0.2) is 14.5 Å². The van der Waals surface area contributed by atoms with Gasteiger partial charge in [-0.2, -0.15) is 15.5 Å². The van der Waals surface area contributed by atoms with E-state index in [0.29, 0.717) is 16.8 Å². The van der Waals surface area contributed by atoms with Crippen molar-refractivity contribution < 1.29 is 4.42 Å². The maximum atomic E-state index is 9.05. The normalized spacial score (nSPS) is 10.2. The van der Waals surface area contributed by atoms with Gasteiger partial charge in [-0.15, -0.1) is 0 Å². The highest BCUT2D eigenvalue weighted by molar-refractivity contribution is 5.77. The van der Waals surface area contributed by atoms with Crippen LogP contribution in [0.3, 0.4) is 0 Å². The standard InChI is InChI=1S/C12H6N6O/c13-4-9-10(5-14)18(6-16-9)12-17-8-2-1-7(15)3-11(8)19-12/h1-3,6H,15H2. The first-order valence-corrected chi connectivity index (χ1v) is 5.27. The minimum atomic E-state index is 0.0317. The summed E-state index contributed by atoms with van der Waals surface area (Å²) in [6, 6.07) is 8.97. The van der Waals surface area contributed by atoms with Crippen molar-refractivity contribution in [2.75, 3.05) is 5.73 Å². The molecule has 7 heteroatoms. The molecule has 3 rings (SSSR count). The number of fused-ring (bicyclic) bond motifs is 1. The summed E-state index contributed by atoms with van der Waals surface area (Å²) in [7, 11) is 0. The Bertz CT molecular complexity index is 861. The number of hydrogen-bond donors (Lipinski definition) is 1. The summed E-state index contributed by atoms with van der Waals surface area (Å²) in [6.45, 7) is 0. The number of hydrogen-bond acceptors (Lipinski definition) is 6. The van der Waals surface area contributed by atoms with Crippen LogP contribution < -0.4 is 5.73 Å². The van der Waals surface area contributed by atoms with Gasteiger partial charge in [0.15, 0.2) is 17.0 Å². The van der Waals surface area contributed by atoms with Gasteiger partial charge in [0, 0.05) is 11.8 Å². The summed E-state index contributed by atoms with van der Waals surface area (Å²) in [5.74, 6) is 0. The van der Waals surface area contributed by atoms with Gasteiger partial charge in [0.1, 0.15) is 24.0 Å². The average Bonchev–Trinajstić information content (AvgIpc) is 3.00. The predicted octanol–water partition coefficient (Wildman–Crippen LogP) is 1.34. The Hall–Kier alpha value is -3.32. The smallest absolute Gasteiger partial charge is 0.309 e. The molecule has 0 bridgehead atoms. The number of nitriles is 2. The molecule has 0 saturated heterocycles. The molecule has 1 aromatic carbocycles. The number of nitrogen functional groups attached to an aromatic ring is 1. The van der Waals surface area contributed by atoms with E-state index < -0.39 is 0 Å². The summed E-state index contributed by atoms with van der Waals surface area (Å²) >= 11 is 0. The highest BCUT2D eigenvalue weighted by atomic mass is 16.4. The van der Waals surface area contributed by atoms with Crippen LogP contribution in [0.4, 0.5) is 5.69 Å². The minimum Gasteiger partial charge on any atom is -0.423 e. The number of nitrogens with zero attached hydrogens (tertiary/aromatic N) is 5. The average molecular weight is 250 g/mol. The number of rotatable bonds is 1. The number of aromatic nitrogens is 3. The molecule has 90 valence electrons. The molecule has 2 heterocycles. The van der Waals surface area contributed by atoms with Gasteiger partial charge in [-0.3, -0.25) is 0 Å². The molecule has 7 nitrogen and oxygen atoms in total. The lowest BCUT2D eigenvalue weighted by molar-refractivity contribution is 0.562. The first-order chi connectivity index (χ1) is 9.22. The van der Waals surface area contributed by atoms with E-state index in [1.807, 2.05) is 12.1 Å². The Morgan fingerprint density at radius 1 is 1.26 bits per heavy atom. The highest BCUT2D eigenvalue weighted by Crippen LogP contribution is 2.22. The maximum absolute atomic E-state index is 9.05. The first-order valence-electron chi connectivity index (χ1n) is 5.27. The van der Waals surface area contributed by atoms with Gasteiger partial charge < -0.3 is 10.2 Å². The van der Waals surface area contributed by atoms with Crippen molar-refractivity contribution in [1.82, 2.24) is 14.5 Å². The summed E-state index contributed by atoms with van der Waals surface area (Å²) < 4.78 is 6.83. The van der Waals surface area contributed by atoms with Gasteiger partial charge in [-0.05, 0) is 12.1 Å².